The van der Waals surface area contributed by atoms with Crippen LogP contribution < -0.4 is 0 Å². The maximum Gasteiger partial charge on any atom is 0.338 e. The number of ketones is 1. The first kappa shape index (κ1) is 19.9. The minimum Gasteiger partial charge on any atom is -0.454 e. The summed E-state index contributed by atoms with van der Waals surface area (Å²) in [6.45, 7) is 6.23. The van der Waals surface area contributed by atoms with Crippen molar-refractivity contribution in [2.75, 3.05) is 12.9 Å². The Morgan fingerprint density at radius 1 is 1.12 bits per heavy atom. The van der Waals surface area contributed by atoms with Crippen molar-refractivity contribution < 1.29 is 22.7 Å². The van der Waals surface area contributed by atoms with Crippen LogP contribution in [0.1, 0.15) is 44.6 Å². The van der Waals surface area contributed by atoms with Gasteiger partial charge in [-0.3, -0.25) is 4.79 Å². The highest BCUT2D eigenvalue weighted by atomic mass is 32.2. The van der Waals surface area contributed by atoms with Gasteiger partial charge in [-0.05, 0) is 44.5 Å². The standard InChI is InChI=1S/C19H23NO5S/c1-5-20-13(2)10-17(14(20)3)18(21)11-25-19(22)16-8-6-15(7-9-16)12-26(4,23)24/h6-10H,5,11-12H2,1-4H3. The summed E-state index contributed by atoms with van der Waals surface area (Å²) in [7, 11) is -3.13. The molecule has 2 aromatic rings. The third-order valence-electron chi connectivity index (χ3n) is 4.14. The number of hydrogen-bond acceptors (Lipinski definition) is 5. The Balaban J connectivity index is 2.01. The largest absolute Gasteiger partial charge is 0.454 e. The van der Waals surface area contributed by atoms with E-state index in [1.807, 2.05) is 25.3 Å². The van der Waals surface area contributed by atoms with Crippen molar-refractivity contribution in [2.24, 2.45) is 0 Å². The molecule has 0 amide bonds. The predicted molar refractivity (Wildman–Crippen MR) is 99.2 cm³/mol. The fourth-order valence-electron chi connectivity index (χ4n) is 2.90. The van der Waals surface area contributed by atoms with Crippen LogP contribution >= 0.6 is 0 Å². The molecule has 0 unspecified atom stereocenters. The van der Waals surface area contributed by atoms with Crippen LogP contribution in [0.2, 0.25) is 0 Å². The van der Waals surface area contributed by atoms with E-state index in [0.717, 1.165) is 24.2 Å². The van der Waals surface area contributed by atoms with E-state index in [4.69, 9.17) is 4.74 Å². The highest BCUT2D eigenvalue weighted by molar-refractivity contribution is 7.89. The molecule has 0 bridgehead atoms. The van der Waals surface area contributed by atoms with Crippen LogP contribution in [0.15, 0.2) is 30.3 Å². The molecule has 0 aliphatic rings. The number of benzene rings is 1. The molecule has 140 valence electrons. The van der Waals surface area contributed by atoms with Crippen molar-refractivity contribution in [3.05, 3.63) is 58.4 Å². The molecule has 1 aromatic carbocycles. The molecule has 0 spiro atoms. The van der Waals surface area contributed by atoms with Gasteiger partial charge in [-0.2, -0.15) is 0 Å². The molecule has 7 heteroatoms. The number of nitrogens with zero attached hydrogens (tertiary/aromatic N) is 1. The van der Waals surface area contributed by atoms with Gasteiger partial charge in [0.15, 0.2) is 16.4 Å². The number of carbonyl (C=O) groups is 2. The van der Waals surface area contributed by atoms with E-state index in [1.165, 1.54) is 12.1 Å². The summed E-state index contributed by atoms with van der Waals surface area (Å²) < 4.78 is 29.7. The lowest BCUT2D eigenvalue weighted by Gasteiger charge is -2.07. The number of rotatable bonds is 7. The van der Waals surface area contributed by atoms with Crippen molar-refractivity contribution in [3.63, 3.8) is 0 Å². The van der Waals surface area contributed by atoms with Gasteiger partial charge in [-0.25, -0.2) is 13.2 Å². The summed E-state index contributed by atoms with van der Waals surface area (Å²) >= 11 is 0. The second-order valence-corrected chi connectivity index (χ2v) is 8.44. The molecule has 2 rings (SSSR count). The molecule has 0 saturated carbocycles. The fraction of sp³-hybridized carbons (Fsp3) is 0.368. The van der Waals surface area contributed by atoms with Crippen LogP contribution in [0.25, 0.3) is 0 Å². The molecule has 0 aliphatic heterocycles. The first-order valence-electron chi connectivity index (χ1n) is 8.26. The number of sulfone groups is 1. The quantitative estimate of drug-likeness (QED) is 0.547. The zero-order valence-corrected chi connectivity index (χ0v) is 16.2. The Labute approximate surface area is 153 Å². The van der Waals surface area contributed by atoms with Gasteiger partial charge in [0.2, 0.25) is 5.78 Å². The normalized spacial score (nSPS) is 11.4. The van der Waals surface area contributed by atoms with Gasteiger partial charge >= 0.3 is 5.97 Å². The summed E-state index contributed by atoms with van der Waals surface area (Å²) in [6, 6.07) is 7.92. The zero-order valence-electron chi connectivity index (χ0n) is 15.4. The van der Waals surface area contributed by atoms with Crippen LogP contribution in [0.3, 0.4) is 0 Å². The average molecular weight is 377 g/mol. The van der Waals surface area contributed by atoms with Crippen LogP contribution in [-0.4, -0.2) is 37.6 Å². The maximum absolute atomic E-state index is 12.3. The summed E-state index contributed by atoms with van der Waals surface area (Å²) in [5.74, 6) is -0.957. The van der Waals surface area contributed by atoms with Crippen molar-refractivity contribution in [2.45, 2.75) is 33.1 Å². The van der Waals surface area contributed by atoms with E-state index < -0.39 is 15.8 Å². The molecule has 0 N–H and O–H groups in total. The highest BCUT2D eigenvalue weighted by Gasteiger charge is 2.17. The van der Waals surface area contributed by atoms with Gasteiger partial charge in [-0.1, -0.05) is 12.1 Å². The summed E-state index contributed by atoms with van der Waals surface area (Å²) in [5.41, 5.74) is 3.26. The van der Waals surface area contributed by atoms with E-state index in [0.29, 0.717) is 11.1 Å². The zero-order chi connectivity index (χ0) is 19.5. The Hall–Kier alpha value is -2.41. The van der Waals surface area contributed by atoms with Crippen molar-refractivity contribution in [3.8, 4) is 0 Å². The highest BCUT2D eigenvalue weighted by Crippen LogP contribution is 2.16. The lowest BCUT2D eigenvalue weighted by Crippen LogP contribution is -2.15. The average Bonchev–Trinajstić information content (AvgIpc) is 2.85. The number of hydrogen-bond donors (Lipinski definition) is 0. The first-order chi connectivity index (χ1) is 12.1. The van der Waals surface area contributed by atoms with Crippen molar-refractivity contribution >= 4 is 21.6 Å². The number of Topliss-reactive ketones (excluding diaryl/α,β-unsaturated/α-hetero) is 1. The maximum atomic E-state index is 12.3. The lowest BCUT2D eigenvalue weighted by atomic mass is 10.1. The second-order valence-electron chi connectivity index (χ2n) is 6.30. The van der Waals surface area contributed by atoms with Gasteiger partial charge < -0.3 is 9.30 Å². The van der Waals surface area contributed by atoms with Crippen LogP contribution in [-0.2, 0) is 26.9 Å². The smallest absolute Gasteiger partial charge is 0.338 e. The number of esters is 1. The van der Waals surface area contributed by atoms with E-state index >= 15 is 0 Å². The minimum absolute atomic E-state index is 0.0894. The molecule has 0 radical (unpaired) electrons. The van der Waals surface area contributed by atoms with E-state index in [2.05, 4.69) is 0 Å². The van der Waals surface area contributed by atoms with E-state index in [9.17, 15) is 18.0 Å². The Morgan fingerprint density at radius 2 is 1.73 bits per heavy atom. The van der Waals surface area contributed by atoms with Crippen LogP contribution in [0.4, 0.5) is 0 Å². The molecule has 1 aromatic heterocycles. The van der Waals surface area contributed by atoms with Gasteiger partial charge in [0.05, 0.1) is 11.3 Å². The molecule has 0 atom stereocenters. The van der Waals surface area contributed by atoms with Crippen molar-refractivity contribution in [1.82, 2.24) is 4.57 Å². The van der Waals surface area contributed by atoms with Gasteiger partial charge in [0.1, 0.15) is 0 Å². The monoisotopic (exact) mass is 377 g/mol. The topological polar surface area (TPSA) is 82.4 Å². The second kappa shape index (κ2) is 7.86. The first-order valence-corrected chi connectivity index (χ1v) is 10.3. The van der Waals surface area contributed by atoms with Gasteiger partial charge in [-0.15, -0.1) is 0 Å². The van der Waals surface area contributed by atoms with Crippen LogP contribution in [0, 0.1) is 13.8 Å². The number of aromatic nitrogens is 1. The van der Waals surface area contributed by atoms with Crippen LogP contribution in [0.5, 0.6) is 0 Å². The minimum atomic E-state index is -3.13. The molecular formula is C19H23NO5S. The Kier molecular flexibility index (Phi) is 6.02. The fourth-order valence-corrected chi connectivity index (χ4v) is 3.70. The Bertz CT molecular complexity index is 924. The molecular weight excluding hydrogens is 354 g/mol. The molecule has 26 heavy (non-hydrogen) atoms. The molecule has 6 nitrogen and oxygen atoms in total. The molecule has 0 aliphatic carbocycles. The van der Waals surface area contributed by atoms with Crippen molar-refractivity contribution in [1.29, 1.82) is 0 Å². The number of ether oxygens (including phenoxy) is 1. The summed E-state index contributed by atoms with van der Waals surface area (Å²) in [5, 5.41) is 0. The summed E-state index contributed by atoms with van der Waals surface area (Å²) in [6.07, 6.45) is 1.15. The SMILES string of the molecule is CCn1c(C)cc(C(=O)COC(=O)c2ccc(CS(C)(=O)=O)cc2)c1C. The van der Waals surface area contributed by atoms with Gasteiger partial charge in [0, 0.05) is 29.8 Å². The third kappa shape index (κ3) is 4.82. The molecule has 0 saturated heterocycles. The molecule has 0 fully saturated rings. The number of aryl methyl sites for hydroxylation is 1. The van der Waals surface area contributed by atoms with Gasteiger partial charge in [0.25, 0.3) is 0 Å². The number of carbonyl (C=O) groups excluding carboxylic acids is 2. The Morgan fingerprint density at radius 3 is 2.23 bits per heavy atom. The summed E-state index contributed by atoms with van der Waals surface area (Å²) in [4.78, 5) is 24.4. The predicted octanol–water partition coefficient (Wildman–Crippen LogP) is 2.71. The third-order valence-corrected chi connectivity index (χ3v) is 5.00. The van der Waals surface area contributed by atoms with E-state index in [1.54, 1.807) is 18.2 Å². The lowest BCUT2D eigenvalue weighted by molar-refractivity contribution is 0.0474. The van der Waals surface area contributed by atoms with E-state index in [-0.39, 0.29) is 23.7 Å². The molecule has 1 heterocycles.